The number of β-lactam (4-membered cyclic amide) rings is 1. The third-order valence-corrected chi connectivity index (χ3v) is 6.99. The Balaban J connectivity index is 1.29. The molecule has 0 saturated carbocycles. The largest absolute Gasteiger partial charge is 0.484 e. The molecule has 2 unspecified atom stereocenters. The predicted molar refractivity (Wildman–Crippen MR) is 141 cm³/mol. The van der Waals surface area contributed by atoms with Gasteiger partial charge in [0, 0.05) is 6.54 Å². The van der Waals surface area contributed by atoms with Crippen molar-refractivity contribution in [3.8, 4) is 5.75 Å². The quantitative estimate of drug-likeness (QED) is 0.338. The fourth-order valence-corrected chi connectivity index (χ4v) is 4.91. The van der Waals surface area contributed by atoms with Gasteiger partial charge in [-0.1, -0.05) is 72.8 Å². The molecule has 9 heteroatoms. The van der Waals surface area contributed by atoms with E-state index in [2.05, 4.69) is 5.32 Å². The van der Waals surface area contributed by atoms with Crippen LogP contribution in [-0.4, -0.2) is 64.9 Å². The number of benzene rings is 3. The Morgan fingerprint density at radius 3 is 2.31 bits per heavy atom. The number of fused-ring (bicyclic) bond motifs is 1. The predicted octanol–water partition coefficient (Wildman–Crippen LogP) is 2.22. The van der Waals surface area contributed by atoms with Crippen molar-refractivity contribution in [2.45, 2.75) is 38.2 Å². The first-order valence-corrected chi connectivity index (χ1v) is 12.8. The number of aryl methyl sites for hydroxylation is 1. The van der Waals surface area contributed by atoms with E-state index in [1.807, 2.05) is 67.6 Å². The lowest BCUT2D eigenvalue weighted by molar-refractivity contribution is -0.170. The molecular weight excluding hydrogens is 498 g/mol. The van der Waals surface area contributed by atoms with Crippen LogP contribution in [0, 0.1) is 6.92 Å². The van der Waals surface area contributed by atoms with E-state index in [0.717, 1.165) is 16.7 Å². The Labute approximate surface area is 226 Å². The van der Waals surface area contributed by atoms with Crippen LogP contribution in [0.2, 0.25) is 0 Å². The highest BCUT2D eigenvalue weighted by atomic mass is 16.5. The number of amides is 3. The summed E-state index contributed by atoms with van der Waals surface area (Å²) in [6.07, 6.45) is -1.12. The maximum atomic E-state index is 13.4. The van der Waals surface area contributed by atoms with E-state index in [1.165, 1.54) is 9.80 Å². The fraction of sp³-hybridized carbons (Fsp3) is 0.267. The summed E-state index contributed by atoms with van der Waals surface area (Å²) in [5.41, 5.74) is 2.58. The first kappa shape index (κ1) is 26.0. The fourth-order valence-electron chi connectivity index (χ4n) is 4.91. The summed E-state index contributed by atoms with van der Waals surface area (Å²) in [6, 6.07) is 24.2. The molecule has 2 heterocycles. The van der Waals surface area contributed by atoms with Crippen molar-refractivity contribution < 1.29 is 28.7 Å². The second-order valence-electron chi connectivity index (χ2n) is 9.58. The van der Waals surface area contributed by atoms with Gasteiger partial charge in [0.25, 0.3) is 5.91 Å². The molecule has 0 radical (unpaired) electrons. The zero-order valence-electron chi connectivity index (χ0n) is 21.5. The van der Waals surface area contributed by atoms with E-state index in [9.17, 15) is 19.2 Å². The van der Waals surface area contributed by atoms with Crippen molar-refractivity contribution >= 4 is 23.7 Å². The summed E-state index contributed by atoms with van der Waals surface area (Å²) in [6.45, 7) is 1.77. The number of para-hydroxylation sites is 1. The molecule has 3 amide bonds. The van der Waals surface area contributed by atoms with E-state index in [-0.39, 0.29) is 32.1 Å². The van der Waals surface area contributed by atoms with E-state index in [4.69, 9.17) is 9.47 Å². The molecule has 3 aromatic rings. The maximum absolute atomic E-state index is 13.4. The van der Waals surface area contributed by atoms with Crippen LogP contribution in [0.25, 0.3) is 0 Å². The summed E-state index contributed by atoms with van der Waals surface area (Å²) < 4.78 is 11.0. The van der Waals surface area contributed by atoms with Crippen molar-refractivity contribution in [1.29, 1.82) is 0 Å². The van der Waals surface area contributed by atoms with Gasteiger partial charge in [0.05, 0.1) is 12.5 Å². The number of hydrogen-bond donors (Lipinski definition) is 1. The number of nitrogens with zero attached hydrogens (tertiary/aromatic N) is 2. The molecule has 0 spiro atoms. The molecule has 5 rings (SSSR count). The van der Waals surface area contributed by atoms with Crippen LogP contribution in [-0.2, 0) is 36.9 Å². The number of esters is 1. The zero-order valence-corrected chi connectivity index (χ0v) is 21.5. The Morgan fingerprint density at radius 1 is 0.923 bits per heavy atom. The summed E-state index contributed by atoms with van der Waals surface area (Å²) in [7, 11) is 0. The lowest BCUT2D eigenvalue weighted by Gasteiger charge is -2.43. The highest BCUT2D eigenvalue weighted by Gasteiger charge is 2.61. The number of ether oxygens (including phenoxy) is 2. The molecule has 9 nitrogen and oxygen atoms in total. The Hall–Kier alpha value is -4.66. The van der Waals surface area contributed by atoms with E-state index < -0.39 is 36.0 Å². The van der Waals surface area contributed by atoms with Gasteiger partial charge >= 0.3 is 5.97 Å². The molecule has 2 saturated heterocycles. The topological polar surface area (TPSA) is 105 Å². The van der Waals surface area contributed by atoms with Gasteiger partial charge in [0.2, 0.25) is 18.0 Å². The minimum absolute atomic E-state index is 0.0136. The SMILES string of the molecule is Cc1ccccc1CC(=O)N1CC2[C@H](NC(=O)COc3ccccc3)C(=O)N2C1C(=O)OCc1ccccc1. The highest BCUT2D eigenvalue weighted by molar-refractivity contribution is 5.99. The van der Waals surface area contributed by atoms with Gasteiger partial charge in [-0.2, -0.15) is 0 Å². The van der Waals surface area contributed by atoms with Gasteiger partial charge in [-0.15, -0.1) is 0 Å². The molecule has 1 N–H and O–H groups in total. The van der Waals surface area contributed by atoms with Gasteiger partial charge in [-0.25, -0.2) is 4.79 Å². The second kappa shape index (κ2) is 11.4. The third kappa shape index (κ3) is 5.62. The van der Waals surface area contributed by atoms with Crippen LogP contribution in [0.15, 0.2) is 84.9 Å². The van der Waals surface area contributed by atoms with E-state index in [0.29, 0.717) is 5.75 Å². The summed E-state index contributed by atoms with van der Waals surface area (Å²) in [5.74, 6) is -1.37. The van der Waals surface area contributed by atoms with Gasteiger partial charge in [-0.3, -0.25) is 14.4 Å². The third-order valence-electron chi connectivity index (χ3n) is 6.99. The Morgan fingerprint density at radius 2 is 1.59 bits per heavy atom. The lowest BCUT2D eigenvalue weighted by atomic mass is 9.96. The molecular formula is C30H29N3O6. The smallest absolute Gasteiger partial charge is 0.350 e. The molecule has 3 aromatic carbocycles. The Bertz CT molecular complexity index is 1360. The van der Waals surface area contributed by atoms with Gasteiger partial charge < -0.3 is 24.6 Å². The monoisotopic (exact) mass is 527 g/mol. The van der Waals surface area contributed by atoms with Crippen LogP contribution < -0.4 is 10.1 Å². The minimum atomic E-state index is -1.20. The molecule has 39 heavy (non-hydrogen) atoms. The average molecular weight is 528 g/mol. The standard InChI is InChI=1S/C30H29N3O6/c1-20-10-8-9-13-22(20)16-26(35)32-17-24-27(31-25(34)19-38-23-14-6-3-7-15-23)29(36)33(24)28(32)30(37)39-18-21-11-4-2-5-12-21/h2-15,24,27-28H,16-19H2,1H3,(H,31,34)/t24?,27-,28?/m0/s1. The lowest BCUT2D eigenvalue weighted by Crippen LogP contribution is -2.71. The van der Waals surface area contributed by atoms with Crippen molar-refractivity contribution in [2.75, 3.05) is 13.2 Å². The number of rotatable bonds is 9. The van der Waals surface area contributed by atoms with Crippen molar-refractivity contribution in [2.24, 2.45) is 0 Å². The number of nitrogens with one attached hydrogen (secondary N) is 1. The number of carbonyl (C=O) groups excluding carboxylic acids is 4. The average Bonchev–Trinajstić information content (AvgIpc) is 3.32. The van der Waals surface area contributed by atoms with Crippen LogP contribution >= 0.6 is 0 Å². The van der Waals surface area contributed by atoms with Crippen LogP contribution in [0.5, 0.6) is 5.75 Å². The summed E-state index contributed by atoms with van der Waals surface area (Å²) >= 11 is 0. The van der Waals surface area contributed by atoms with Crippen molar-refractivity contribution in [1.82, 2.24) is 15.1 Å². The molecule has 0 aliphatic carbocycles. The maximum Gasteiger partial charge on any atom is 0.350 e. The molecule has 2 aliphatic heterocycles. The first-order chi connectivity index (χ1) is 18.9. The molecule has 0 aromatic heterocycles. The van der Waals surface area contributed by atoms with Crippen molar-refractivity contribution in [3.05, 3.63) is 102 Å². The molecule has 2 fully saturated rings. The van der Waals surface area contributed by atoms with Gasteiger partial charge in [0.15, 0.2) is 6.61 Å². The van der Waals surface area contributed by atoms with Crippen LogP contribution in [0.4, 0.5) is 0 Å². The molecule has 0 bridgehead atoms. The van der Waals surface area contributed by atoms with Crippen molar-refractivity contribution in [3.63, 3.8) is 0 Å². The number of hydrogen-bond acceptors (Lipinski definition) is 6. The normalized spacial score (nSPS) is 19.6. The first-order valence-electron chi connectivity index (χ1n) is 12.8. The van der Waals surface area contributed by atoms with Gasteiger partial charge in [-0.05, 0) is 35.7 Å². The second-order valence-corrected chi connectivity index (χ2v) is 9.58. The molecule has 2 aliphatic rings. The van der Waals surface area contributed by atoms with E-state index in [1.54, 1.807) is 24.3 Å². The molecule has 3 atom stereocenters. The van der Waals surface area contributed by atoms with Crippen LogP contribution in [0.3, 0.4) is 0 Å². The van der Waals surface area contributed by atoms with E-state index >= 15 is 0 Å². The molecule has 200 valence electrons. The number of carbonyl (C=O) groups is 4. The minimum Gasteiger partial charge on any atom is -0.484 e. The zero-order chi connectivity index (χ0) is 27.4. The summed E-state index contributed by atoms with van der Waals surface area (Å²) in [4.78, 5) is 55.1. The summed E-state index contributed by atoms with van der Waals surface area (Å²) in [5, 5.41) is 2.70. The highest BCUT2D eigenvalue weighted by Crippen LogP contribution is 2.34. The Kier molecular flexibility index (Phi) is 7.58. The van der Waals surface area contributed by atoms with Gasteiger partial charge in [0.1, 0.15) is 18.4 Å². The van der Waals surface area contributed by atoms with Crippen LogP contribution in [0.1, 0.15) is 16.7 Å².